The molecule has 0 atom stereocenters. The highest BCUT2D eigenvalue weighted by Crippen LogP contribution is 2.18. The van der Waals surface area contributed by atoms with Crippen molar-refractivity contribution in [2.45, 2.75) is 13.1 Å². The quantitative estimate of drug-likeness (QED) is 0.432. The molecule has 0 aliphatic carbocycles. The first-order valence-electron chi connectivity index (χ1n) is 9.80. The molecule has 5 rings (SSSR count). The molecule has 146 valence electrons. The van der Waals surface area contributed by atoms with Gasteiger partial charge in [0.05, 0.1) is 0 Å². The monoisotopic (exact) mass is 392 g/mol. The molecule has 0 N–H and O–H groups in total. The first-order chi connectivity index (χ1) is 14.9. The summed E-state index contributed by atoms with van der Waals surface area (Å²) < 4.78 is 4.23. The molecule has 0 spiro atoms. The highest BCUT2D eigenvalue weighted by atomic mass is 15.1. The summed E-state index contributed by atoms with van der Waals surface area (Å²) in [6.07, 6.45) is 11.2. The van der Waals surface area contributed by atoms with E-state index in [1.54, 1.807) is 12.4 Å². The lowest BCUT2D eigenvalue weighted by atomic mass is 10.1. The number of hydrogen-bond acceptors (Lipinski definition) is 4. The van der Waals surface area contributed by atoms with E-state index in [0.29, 0.717) is 0 Å². The lowest BCUT2D eigenvalue weighted by molar-refractivity contribution is 0.791. The topological polar surface area (TPSA) is 61.4 Å². The van der Waals surface area contributed by atoms with Crippen LogP contribution >= 0.6 is 0 Å². The molecule has 0 saturated carbocycles. The van der Waals surface area contributed by atoms with Crippen molar-refractivity contribution >= 4 is 0 Å². The second-order valence-electron chi connectivity index (χ2n) is 7.00. The molecule has 0 saturated heterocycles. The van der Waals surface area contributed by atoms with Crippen LogP contribution in [0.3, 0.4) is 0 Å². The molecule has 0 radical (unpaired) electrons. The van der Waals surface area contributed by atoms with Gasteiger partial charge < -0.3 is 9.13 Å². The fraction of sp³-hybridized carbons (Fsp3) is 0.0833. The van der Waals surface area contributed by atoms with Crippen LogP contribution in [0.1, 0.15) is 11.1 Å². The summed E-state index contributed by atoms with van der Waals surface area (Å²) in [4.78, 5) is 17.8. The Hall–Kier alpha value is -4.06. The first kappa shape index (κ1) is 18.0. The number of nitrogens with zero attached hydrogens (tertiary/aromatic N) is 6. The van der Waals surface area contributed by atoms with Crippen LogP contribution < -0.4 is 0 Å². The van der Waals surface area contributed by atoms with Crippen molar-refractivity contribution in [2.24, 2.45) is 0 Å². The summed E-state index contributed by atoms with van der Waals surface area (Å²) in [5, 5.41) is 0. The van der Waals surface area contributed by atoms with Gasteiger partial charge in [0.2, 0.25) is 0 Å². The molecule has 6 nitrogen and oxygen atoms in total. The Kier molecular flexibility index (Phi) is 4.88. The van der Waals surface area contributed by atoms with Gasteiger partial charge in [-0.15, -0.1) is 0 Å². The smallest absolute Gasteiger partial charge is 0.158 e. The molecule has 0 aliphatic rings. The Balaban J connectivity index is 1.32. The Bertz CT molecular complexity index is 1120. The van der Waals surface area contributed by atoms with Gasteiger partial charge in [0.1, 0.15) is 11.4 Å². The van der Waals surface area contributed by atoms with Gasteiger partial charge in [-0.2, -0.15) is 0 Å². The number of rotatable bonds is 6. The van der Waals surface area contributed by atoms with Crippen molar-refractivity contribution in [1.82, 2.24) is 29.1 Å². The van der Waals surface area contributed by atoms with Gasteiger partial charge in [-0.1, -0.05) is 36.4 Å². The zero-order valence-electron chi connectivity index (χ0n) is 16.3. The van der Waals surface area contributed by atoms with Gasteiger partial charge in [-0.05, 0) is 35.4 Å². The van der Waals surface area contributed by atoms with Crippen LogP contribution in [0.4, 0.5) is 0 Å². The van der Waals surface area contributed by atoms with Crippen LogP contribution in [-0.2, 0) is 13.1 Å². The Labute approximate surface area is 174 Å². The fourth-order valence-electron chi connectivity index (χ4n) is 3.47. The van der Waals surface area contributed by atoms with Crippen molar-refractivity contribution < 1.29 is 0 Å². The Morgan fingerprint density at radius 2 is 0.967 bits per heavy atom. The van der Waals surface area contributed by atoms with Crippen molar-refractivity contribution in [3.8, 4) is 23.0 Å². The standard InChI is InChI=1S/C24H20N6/c1-3-11-25-21(5-1)23-27-13-15-29(23)17-19-7-9-20(10-8-19)18-30-16-14-28-24(30)22-6-2-4-12-26-22/h1-16H,17-18H2. The molecule has 0 bridgehead atoms. The molecule has 6 heteroatoms. The number of pyridine rings is 2. The lowest BCUT2D eigenvalue weighted by Gasteiger charge is -2.10. The maximum absolute atomic E-state index is 4.47. The SMILES string of the molecule is c1ccc(-c2nccn2Cc2ccc(Cn3ccnc3-c3ccccn3)cc2)nc1. The van der Waals surface area contributed by atoms with Gasteiger partial charge in [0.15, 0.2) is 11.6 Å². The molecule has 30 heavy (non-hydrogen) atoms. The molecule has 0 amide bonds. The molecular formula is C24H20N6. The van der Waals surface area contributed by atoms with E-state index in [9.17, 15) is 0 Å². The summed E-state index contributed by atoms with van der Waals surface area (Å²) in [6, 6.07) is 20.4. The normalized spacial score (nSPS) is 10.9. The van der Waals surface area contributed by atoms with Crippen LogP contribution in [0.5, 0.6) is 0 Å². The number of hydrogen-bond donors (Lipinski definition) is 0. The highest BCUT2D eigenvalue weighted by Gasteiger charge is 2.09. The van der Waals surface area contributed by atoms with E-state index < -0.39 is 0 Å². The second-order valence-corrected chi connectivity index (χ2v) is 7.00. The van der Waals surface area contributed by atoms with E-state index in [2.05, 4.69) is 53.3 Å². The van der Waals surface area contributed by atoms with Crippen LogP contribution in [0.25, 0.3) is 23.0 Å². The van der Waals surface area contributed by atoms with Gasteiger partial charge in [-0.25, -0.2) is 9.97 Å². The average Bonchev–Trinajstić information content (AvgIpc) is 3.46. The van der Waals surface area contributed by atoms with Crippen molar-refractivity contribution in [3.63, 3.8) is 0 Å². The van der Waals surface area contributed by atoms with E-state index >= 15 is 0 Å². The van der Waals surface area contributed by atoms with Crippen molar-refractivity contribution in [3.05, 3.63) is 109 Å². The highest BCUT2D eigenvalue weighted by molar-refractivity contribution is 5.50. The fourth-order valence-corrected chi connectivity index (χ4v) is 3.47. The van der Waals surface area contributed by atoms with E-state index in [-0.39, 0.29) is 0 Å². The average molecular weight is 392 g/mol. The summed E-state index contributed by atoms with van der Waals surface area (Å²) >= 11 is 0. The molecule has 0 fully saturated rings. The minimum Gasteiger partial charge on any atom is -0.325 e. The maximum Gasteiger partial charge on any atom is 0.158 e. The summed E-state index contributed by atoms with van der Waals surface area (Å²) in [6.45, 7) is 1.49. The molecular weight excluding hydrogens is 372 g/mol. The van der Waals surface area contributed by atoms with E-state index in [1.807, 2.05) is 61.2 Å². The van der Waals surface area contributed by atoms with Crippen LogP contribution in [0.2, 0.25) is 0 Å². The summed E-state index contributed by atoms with van der Waals surface area (Å²) in [7, 11) is 0. The van der Waals surface area contributed by atoms with Crippen molar-refractivity contribution in [1.29, 1.82) is 0 Å². The molecule has 5 aromatic rings. The van der Waals surface area contributed by atoms with Gasteiger partial charge in [0.25, 0.3) is 0 Å². The zero-order valence-corrected chi connectivity index (χ0v) is 16.3. The van der Waals surface area contributed by atoms with E-state index in [4.69, 9.17) is 0 Å². The third kappa shape index (κ3) is 3.75. The zero-order chi connectivity index (χ0) is 20.2. The summed E-state index contributed by atoms with van der Waals surface area (Å²) in [5.74, 6) is 1.75. The van der Waals surface area contributed by atoms with Gasteiger partial charge in [-0.3, -0.25) is 9.97 Å². The predicted molar refractivity (Wildman–Crippen MR) is 116 cm³/mol. The lowest BCUT2D eigenvalue weighted by Crippen LogP contribution is -2.04. The van der Waals surface area contributed by atoms with Crippen LogP contribution in [-0.4, -0.2) is 29.1 Å². The van der Waals surface area contributed by atoms with E-state index in [0.717, 1.165) is 36.1 Å². The van der Waals surface area contributed by atoms with Crippen molar-refractivity contribution in [2.75, 3.05) is 0 Å². The second kappa shape index (κ2) is 8.13. The third-order valence-electron chi connectivity index (χ3n) is 4.95. The number of imidazole rings is 2. The Morgan fingerprint density at radius 3 is 1.37 bits per heavy atom. The maximum atomic E-state index is 4.47. The minimum atomic E-state index is 0.746. The van der Waals surface area contributed by atoms with Gasteiger partial charge in [0, 0.05) is 50.3 Å². The first-order valence-corrected chi connectivity index (χ1v) is 9.80. The van der Waals surface area contributed by atoms with E-state index in [1.165, 1.54) is 11.1 Å². The minimum absolute atomic E-state index is 0.746. The number of benzene rings is 1. The van der Waals surface area contributed by atoms with Crippen LogP contribution in [0, 0.1) is 0 Å². The number of aromatic nitrogens is 6. The molecule has 0 unspecified atom stereocenters. The van der Waals surface area contributed by atoms with Gasteiger partial charge >= 0.3 is 0 Å². The summed E-state index contributed by atoms with van der Waals surface area (Å²) in [5.41, 5.74) is 4.18. The van der Waals surface area contributed by atoms with Crippen LogP contribution in [0.15, 0.2) is 97.8 Å². The largest absolute Gasteiger partial charge is 0.325 e. The molecule has 1 aromatic carbocycles. The predicted octanol–water partition coefficient (Wildman–Crippen LogP) is 4.30. The molecule has 4 aromatic heterocycles. The Morgan fingerprint density at radius 1 is 0.500 bits per heavy atom. The molecule has 4 heterocycles. The molecule has 0 aliphatic heterocycles. The third-order valence-corrected chi connectivity index (χ3v) is 4.95.